The Balaban J connectivity index is 2.73. The highest BCUT2D eigenvalue weighted by Crippen LogP contribution is 2.38. The first-order valence-corrected chi connectivity index (χ1v) is 9.11. The molecule has 0 aromatic rings. The molecule has 0 N–H and O–H groups in total. The number of ketones is 1. The molecule has 1 aliphatic carbocycles. The monoisotopic (exact) mass is 252 g/mol. The van der Waals surface area contributed by atoms with Gasteiger partial charge in [-0.15, -0.1) is 6.58 Å². The van der Waals surface area contributed by atoms with Gasteiger partial charge in [-0.05, 0) is 36.2 Å². The molecule has 1 atom stereocenters. The van der Waals surface area contributed by atoms with E-state index in [0.717, 1.165) is 5.57 Å². The normalized spacial score (nSPS) is 21.6. The highest BCUT2D eigenvalue weighted by atomic mass is 28.4. The van der Waals surface area contributed by atoms with Gasteiger partial charge in [-0.2, -0.15) is 0 Å². The SMILES string of the molecule is C=CCC1=CC(O[Si](C)(C)C(C)(C)C)CC1=O. The lowest BCUT2D eigenvalue weighted by molar-refractivity contribution is -0.115. The Labute approximate surface area is 106 Å². The van der Waals surface area contributed by atoms with Crippen molar-refractivity contribution in [3.05, 3.63) is 24.3 Å². The van der Waals surface area contributed by atoms with Crippen LogP contribution in [0.1, 0.15) is 33.6 Å². The van der Waals surface area contributed by atoms with Crippen LogP contribution in [0.2, 0.25) is 18.1 Å². The molecule has 0 spiro atoms. The van der Waals surface area contributed by atoms with Gasteiger partial charge >= 0.3 is 0 Å². The zero-order valence-electron chi connectivity index (χ0n) is 11.7. The Morgan fingerprint density at radius 1 is 1.53 bits per heavy atom. The molecule has 0 heterocycles. The van der Waals surface area contributed by atoms with Crippen molar-refractivity contribution in [1.82, 2.24) is 0 Å². The molecule has 17 heavy (non-hydrogen) atoms. The first-order chi connectivity index (χ1) is 7.67. The molecule has 0 aromatic carbocycles. The minimum atomic E-state index is -1.77. The van der Waals surface area contributed by atoms with Crippen LogP contribution in [0.5, 0.6) is 0 Å². The highest BCUT2D eigenvalue weighted by Gasteiger charge is 2.40. The van der Waals surface area contributed by atoms with Gasteiger partial charge in [0.05, 0.1) is 6.10 Å². The summed E-state index contributed by atoms with van der Waals surface area (Å²) in [6.45, 7) is 14.7. The van der Waals surface area contributed by atoms with Crippen LogP contribution in [0.25, 0.3) is 0 Å². The van der Waals surface area contributed by atoms with Crippen LogP contribution in [0.3, 0.4) is 0 Å². The quantitative estimate of drug-likeness (QED) is 0.561. The molecule has 1 aliphatic rings. The van der Waals surface area contributed by atoms with Gasteiger partial charge in [0.15, 0.2) is 14.1 Å². The van der Waals surface area contributed by atoms with Gasteiger partial charge < -0.3 is 4.43 Å². The fourth-order valence-electron chi connectivity index (χ4n) is 1.66. The summed E-state index contributed by atoms with van der Waals surface area (Å²) in [7, 11) is -1.77. The topological polar surface area (TPSA) is 26.3 Å². The number of allylic oxidation sites excluding steroid dienone is 2. The summed E-state index contributed by atoms with van der Waals surface area (Å²) in [5.74, 6) is 0.216. The maximum Gasteiger partial charge on any atom is 0.192 e. The van der Waals surface area contributed by atoms with Gasteiger partial charge in [0.2, 0.25) is 0 Å². The maximum atomic E-state index is 11.7. The predicted molar refractivity (Wildman–Crippen MR) is 74.6 cm³/mol. The zero-order chi connectivity index (χ0) is 13.3. The molecule has 96 valence electrons. The zero-order valence-corrected chi connectivity index (χ0v) is 12.7. The average Bonchev–Trinajstić information content (AvgIpc) is 2.44. The lowest BCUT2D eigenvalue weighted by atomic mass is 10.1. The van der Waals surface area contributed by atoms with E-state index in [-0.39, 0.29) is 16.9 Å². The smallest absolute Gasteiger partial charge is 0.192 e. The average molecular weight is 252 g/mol. The fourth-order valence-corrected chi connectivity index (χ4v) is 2.92. The number of carbonyl (C=O) groups excluding carboxylic acids is 1. The van der Waals surface area contributed by atoms with Crippen molar-refractivity contribution < 1.29 is 9.22 Å². The van der Waals surface area contributed by atoms with Gasteiger partial charge in [-0.25, -0.2) is 0 Å². The molecule has 0 bridgehead atoms. The third kappa shape index (κ3) is 3.39. The minimum Gasteiger partial charge on any atom is -0.410 e. The Bertz CT molecular complexity index is 348. The van der Waals surface area contributed by atoms with Crippen molar-refractivity contribution in [2.24, 2.45) is 0 Å². The van der Waals surface area contributed by atoms with Crippen LogP contribution in [-0.4, -0.2) is 20.2 Å². The number of rotatable bonds is 4. The largest absolute Gasteiger partial charge is 0.410 e. The lowest BCUT2D eigenvalue weighted by Crippen LogP contribution is -2.43. The van der Waals surface area contributed by atoms with Crippen molar-refractivity contribution in [2.45, 2.75) is 57.8 Å². The molecule has 0 saturated heterocycles. The molecular formula is C14H24O2Si. The molecule has 0 aromatic heterocycles. The number of hydrogen-bond donors (Lipinski definition) is 0. The second-order valence-electron chi connectivity index (χ2n) is 6.23. The third-order valence-corrected chi connectivity index (χ3v) is 8.25. The molecule has 0 aliphatic heterocycles. The molecule has 3 heteroatoms. The second-order valence-corrected chi connectivity index (χ2v) is 11.0. The Morgan fingerprint density at radius 3 is 2.59 bits per heavy atom. The first kappa shape index (κ1) is 14.4. The van der Waals surface area contributed by atoms with Crippen LogP contribution in [0, 0.1) is 0 Å². The van der Waals surface area contributed by atoms with E-state index in [1.165, 1.54) is 0 Å². The number of carbonyl (C=O) groups is 1. The summed E-state index contributed by atoms with van der Waals surface area (Å²) in [6, 6.07) is 0. The van der Waals surface area contributed by atoms with Crippen molar-refractivity contribution >= 4 is 14.1 Å². The van der Waals surface area contributed by atoms with E-state index in [1.807, 2.05) is 6.08 Å². The molecule has 0 fully saturated rings. The van der Waals surface area contributed by atoms with Gasteiger partial charge in [0.1, 0.15) is 0 Å². The van der Waals surface area contributed by atoms with Gasteiger partial charge in [0.25, 0.3) is 0 Å². The van der Waals surface area contributed by atoms with E-state index < -0.39 is 8.32 Å². The van der Waals surface area contributed by atoms with E-state index in [0.29, 0.717) is 12.8 Å². The van der Waals surface area contributed by atoms with Gasteiger partial charge in [-0.3, -0.25) is 4.79 Å². The summed E-state index contributed by atoms with van der Waals surface area (Å²) in [4.78, 5) is 11.7. The molecule has 0 saturated carbocycles. The summed E-state index contributed by atoms with van der Waals surface area (Å²) in [5.41, 5.74) is 0.865. The van der Waals surface area contributed by atoms with Crippen LogP contribution in [0.15, 0.2) is 24.3 Å². The molecule has 0 radical (unpaired) electrons. The Morgan fingerprint density at radius 2 is 2.12 bits per heavy atom. The van der Waals surface area contributed by atoms with Crippen molar-refractivity contribution in [1.29, 1.82) is 0 Å². The van der Waals surface area contributed by atoms with Crippen LogP contribution < -0.4 is 0 Å². The molecule has 2 nitrogen and oxygen atoms in total. The highest BCUT2D eigenvalue weighted by molar-refractivity contribution is 6.74. The Hall–Kier alpha value is -0.673. The number of hydrogen-bond acceptors (Lipinski definition) is 2. The standard InChI is InChI=1S/C14H24O2Si/c1-7-8-11-9-12(10-13(11)15)16-17(5,6)14(2,3)4/h7,9,12H,1,8,10H2,2-6H3. The summed E-state index contributed by atoms with van der Waals surface area (Å²) < 4.78 is 6.22. The van der Waals surface area contributed by atoms with Crippen LogP contribution in [0.4, 0.5) is 0 Å². The number of Topliss-reactive ketones (excluding diaryl/α,β-unsaturated/α-hetero) is 1. The minimum absolute atomic E-state index is 0.0154. The lowest BCUT2D eigenvalue weighted by Gasteiger charge is -2.37. The maximum absolute atomic E-state index is 11.7. The van der Waals surface area contributed by atoms with E-state index >= 15 is 0 Å². The molecule has 0 amide bonds. The summed E-state index contributed by atoms with van der Waals surface area (Å²) >= 11 is 0. The summed E-state index contributed by atoms with van der Waals surface area (Å²) in [6.07, 6.45) is 4.92. The van der Waals surface area contributed by atoms with E-state index in [4.69, 9.17) is 4.43 Å². The van der Waals surface area contributed by atoms with Crippen molar-refractivity contribution in [2.75, 3.05) is 0 Å². The fraction of sp³-hybridized carbons (Fsp3) is 0.643. The van der Waals surface area contributed by atoms with E-state index in [1.54, 1.807) is 6.08 Å². The van der Waals surface area contributed by atoms with Crippen molar-refractivity contribution in [3.63, 3.8) is 0 Å². The van der Waals surface area contributed by atoms with Crippen LogP contribution >= 0.6 is 0 Å². The van der Waals surface area contributed by atoms with E-state index in [2.05, 4.69) is 40.4 Å². The first-order valence-electron chi connectivity index (χ1n) is 6.20. The predicted octanol–water partition coefficient (Wildman–Crippen LogP) is 3.85. The Kier molecular flexibility index (Phi) is 4.15. The summed E-state index contributed by atoms with van der Waals surface area (Å²) in [5, 5.41) is 0.186. The van der Waals surface area contributed by atoms with Crippen LogP contribution in [-0.2, 0) is 9.22 Å². The van der Waals surface area contributed by atoms with E-state index in [9.17, 15) is 4.79 Å². The van der Waals surface area contributed by atoms with Crippen molar-refractivity contribution in [3.8, 4) is 0 Å². The second kappa shape index (κ2) is 4.90. The molecular weight excluding hydrogens is 228 g/mol. The van der Waals surface area contributed by atoms with Gasteiger partial charge in [-0.1, -0.05) is 26.8 Å². The molecule has 1 rings (SSSR count). The van der Waals surface area contributed by atoms with Gasteiger partial charge in [0, 0.05) is 6.42 Å². The third-order valence-electron chi connectivity index (χ3n) is 3.75. The molecule has 1 unspecified atom stereocenters.